The van der Waals surface area contributed by atoms with Crippen LogP contribution in [0.5, 0.6) is 5.75 Å². The largest absolute Gasteiger partial charge is 0.496 e. The first kappa shape index (κ1) is 12.9. The molecule has 4 rings (SSSR count). The first-order valence-corrected chi connectivity index (χ1v) is 7.12. The van der Waals surface area contributed by atoms with Crippen molar-refractivity contribution in [3.8, 4) is 5.75 Å². The molecule has 0 aliphatic rings. The Bertz CT molecular complexity index is 1090. The summed E-state index contributed by atoms with van der Waals surface area (Å²) < 4.78 is 11.3. The minimum absolute atomic E-state index is 0.0526. The van der Waals surface area contributed by atoms with Crippen molar-refractivity contribution < 1.29 is 9.15 Å². The summed E-state index contributed by atoms with van der Waals surface area (Å²) in [6.45, 7) is 2.04. The maximum Gasteiger partial charge on any atom is 0.204 e. The molecule has 0 fully saturated rings. The van der Waals surface area contributed by atoms with E-state index in [0.29, 0.717) is 27.7 Å². The molecule has 3 heteroatoms. The van der Waals surface area contributed by atoms with Crippen LogP contribution in [0.3, 0.4) is 0 Å². The molecule has 0 aliphatic carbocycles. The van der Waals surface area contributed by atoms with Crippen LogP contribution in [0.1, 0.15) is 5.56 Å². The molecule has 1 heterocycles. The van der Waals surface area contributed by atoms with Crippen LogP contribution in [-0.2, 0) is 0 Å². The number of rotatable bonds is 1. The Kier molecular flexibility index (Phi) is 2.70. The first-order valence-electron chi connectivity index (χ1n) is 7.12. The topological polar surface area (TPSA) is 39.4 Å². The van der Waals surface area contributed by atoms with Crippen LogP contribution in [0, 0.1) is 6.92 Å². The van der Waals surface area contributed by atoms with Crippen LogP contribution < -0.4 is 10.2 Å². The van der Waals surface area contributed by atoms with E-state index in [1.807, 2.05) is 37.3 Å². The molecule has 3 aromatic carbocycles. The Hall–Kier alpha value is -2.81. The van der Waals surface area contributed by atoms with Gasteiger partial charge < -0.3 is 9.15 Å². The Balaban J connectivity index is 2.30. The summed E-state index contributed by atoms with van der Waals surface area (Å²) in [5, 5.41) is 3.04. The van der Waals surface area contributed by atoms with Gasteiger partial charge >= 0.3 is 0 Å². The number of ether oxygens (including phenoxy) is 1. The second kappa shape index (κ2) is 4.60. The van der Waals surface area contributed by atoms with Crippen molar-refractivity contribution in [2.75, 3.05) is 7.11 Å². The molecule has 3 nitrogen and oxygen atoms in total. The van der Waals surface area contributed by atoms with E-state index < -0.39 is 0 Å². The molecular formula is C19H14O3. The zero-order chi connectivity index (χ0) is 15.3. The van der Waals surface area contributed by atoms with E-state index >= 15 is 0 Å². The smallest absolute Gasteiger partial charge is 0.204 e. The third kappa shape index (κ3) is 1.72. The molecule has 0 saturated carbocycles. The van der Waals surface area contributed by atoms with E-state index in [1.54, 1.807) is 19.2 Å². The van der Waals surface area contributed by atoms with Gasteiger partial charge in [-0.25, -0.2) is 0 Å². The van der Waals surface area contributed by atoms with Crippen molar-refractivity contribution in [2.24, 2.45) is 0 Å². The van der Waals surface area contributed by atoms with Crippen LogP contribution in [0.25, 0.3) is 32.7 Å². The van der Waals surface area contributed by atoms with Gasteiger partial charge in [0.05, 0.1) is 12.5 Å². The second-order valence-corrected chi connectivity index (χ2v) is 5.43. The summed E-state index contributed by atoms with van der Waals surface area (Å²) >= 11 is 0. The average Bonchev–Trinajstić information content (AvgIpc) is 2.53. The molecular weight excluding hydrogens is 276 g/mol. The number of fused-ring (bicyclic) bond motifs is 4. The van der Waals surface area contributed by atoms with Gasteiger partial charge in [-0.1, -0.05) is 35.9 Å². The van der Waals surface area contributed by atoms with Gasteiger partial charge in [0, 0.05) is 0 Å². The molecule has 0 radical (unpaired) electrons. The molecule has 1 aromatic heterocycles. The van der Waals surface area contributed by atoms with Crippen LogP contribution in [0.4, 0.5) is 0 Å². The summed E-state index contributed by atoms with van der Waals surface area (Å²) in [5.74, 6) is 0.539. The minimum Gasteiger partial charge on any atom is -0.496 e. The van der Waals surface area contributed by atoms with Gasteiger partial charge in [0.15, 0.2) is 0 Å². The molecule has 0 aliphatic heterocycles. The molecule has 0 saturated heterocycles. The van der Waals surface area contributed by atoms with Gasteiger partial charge in [-0.05, 0) is 35.9 Å². The summed E-state index contributed by atoms with van der Waals surface area (Å²) in [5.41, 5.74) is 2.25. The monoisotopic (exact) mass is 290 g/mol. The highest BCUT2D eigenvalue weighted by atomic mass is 16.5. The molecule has 0 N–H and O–H groups in total. The highest BCUT2D eigenvalue weighted by Crippen LogP contribution is 2.29. The van der Waals surface area contributed by atoms with Gasteiger partial charge in [-0.2, -0.15) is 0 Å². The zero-order valence-electron chi connectivity index (χ0n) is 12.3. The quantitative estimate of drug-likeness (QED) is 0.385. The predicted molar refractivity (Wildman–Crippen MR) is 88.8 cm³/mol. The molecule has 0 amide bonds. The minimum atomic E-state index is -0.0526. The fourth-order valence-electron chi connectivity index (χ4n) is 2.98. The number of hydrogen-bond acceptors (Lipinski definition) is 3. The summed E-state index contributed by atoms with van der Waals surface area (Å²) in [6, 6.07) is 15.3. The number of hydrogen-bond donors (Lipinski definition) is 0. The molecule has 22 heavy (non-hydrogen) atoms. The number of methoxy groups -OCH3 is 1. The number of benzene rings is 3. The molecule has 0 bridgehead atoms. The lowest BCUT2D eigenvalue weighted by Gasteiger charge is -2.08. The lowest BCUT2D eigenvalue weighted by Crippen LogP contribution is -2.04. The van der Waals surface area contributed by atoms with Crippen molar-refractivity contribution in [2.45, 2.75) is 6.92 Å². The molecule has 4 aromatic rings. The molecule has 0 unspecified atom stereocenters. The van der Waals surface area contributed by atoms with E-state index in [0.717, 1.165) is 16.3 Å². The predicted octanol–water partition coefficient (Wildman–Crippen LogP) is 4.42. The Morgan fingerprint density at radius 3 is 2.59 bits per heavy atom. The standard InChI is InChI=1S/C19H14O3/c1-11-6-8-13-12(10-11)7-9-16-17(13)19(20)18-14(21-2)4-3-5-15(18)22-16/h3-10H,1-2H3. The highest BCUT2D eigenvalue weighted by molar-refractivity contribution is 6.08. The maximum absolute atomic E-state index is 13.0. The van der Waals surface area contributed by atoms with E-state index in [4.69, 9.17) is 9.15 Å². The Morgan fingerprint density at radius 1 is 0.955 bits per heavy atom. The van der Waals surface area contributed by atoms with Gasteiger partial charge in [-0.15, -0.1) is 0 Å². The van der Waals surface area contributed by atoms with Crippen LogP contribution in [-0.4, -0.2) is 7.11 Å². The molecule has 0 atom stereocenters. The van der Waals surface area contributed by atoms with Gasteiger partial charge in [0.25, 0.3) is 0 Å². The number of aryl methyl sites for hydroxylation is 1. The van der Waals surface area contributed by atoms with E-state index in [1.165, 1.54) is 0 Å². The fraction of sp³-hybridized carbons (Fsp3) is 0.105. The van der Waals surface area contributed by atoms with Gasteiger partial charge in [-0.3, -0.25) is 4.79 Å². The van der Waals surface area contributed by atoms with Crippen molar-refractivity contribution in [1.82, 2.24) is 0 Å². The summed E-state index contributed by atoms with van der Waals surface area (Å²) in [4.78, 5) is 13.0. The van der Waals surface area contributed by atoms with Gasteiger partial charge in [0.2, 0.25) is 5.43 Å². The SMILES string of the molecule is COc1cccc2oc3ccc4cc(C)ccc4c3c(=O)c12. The summed E-state index contributed by atoms with van der Waals surface area (Å²) in [6.07, 6.45) is 0. The van der Waals surface area contributed by atoms with Crippen molar-refractivity contribution >= 4 is 32.7 Å². The van der Waals surface area contributed by atoms with Crippen LogP contribution in [0.2, 0.25) is 0 Å². The Morgan fingerprint density at radius 2 is 1.77 bits per heavy atom. The molecule has 108 valence electrons. The third-order valence-corrected chi connectivity index (χ3v) is 4.02. The van der Waals surface area contributed by atoms with E-state index in [9.17, 15) is 4.79 Å². The third-order valence-electron chi connectivity index (χ3n) is 4.02. The van der Waals surface area contributed by atoms with Crippen LogP contribution in [0.15, 0.2) is 57.7 Å². The fourth-order valence-corrected chi connectivity index (χ4v) is 2.98. The second-order valence-electron chi connectivity index (χ2n) is 5.43. The zero-order valence-corrected chi connectivity index (χ0v) is 12.3. The van der Waals surface area contributed by atoms with E-state index in [2.05, 4.69) is 6.07 Å². The highest BCUT2D eigenvalue weighted by Gasteiger charge is 2.14. The van der Waals surface area contributed by atoms with Crippen molar-refractivity contribution in [3.63, 3.8) is 0 Å². The van der Waals surface area contributed by atoms with Gasteiger partial charge in [0.1, 0.15) is 22.3 Å². The Labute approximate surface area is 126 Å². The lowest BCUT2D eigenvalue weighted by molar-refractivity contribution is 0.419. The average molecular weight is 290 g/mol. The first-order chi connectivity index (χ1) is 10.7. The molecule has 0 spiro atoms. The normalized spacial score (nSPS) is 11.4. The van der Waals surface area contributed by atoms with Crippen LogP contribution >= 0.6 is 0 Å². The van der Waals surface area contributed by atoms with E-state index in [-0.39, 0.29) is 5.43 Å². The van der Waals surface area contributed by atoms with Crippen molar-refractivity contribution in [1.29, 1.82) is 0 Å². The van der Waals surface area contributed by atoms with Crippen molar-refractivity contribution in [3.05, 3.63) is 64.3 Å². The maximum atomic E-state index is 13.0. The summed E-state index contributed by atoms with van der Waals surface area (Å²) in [7, 11) is 1.56. The lowest BCUT2D eigenvalue weighted by atomic mass is 10.0.